The second-order valence-corrected chi connectivity index (χ2v) is 15.5. The molecule has 7 rings (SSSR count). The fraction of sp³-hybridized carbons (Fsp3) is 0.488. The molecule has 0 unspecified atom stereocenters. The summed E-state index contributed by atoms with van der Waals surface area (Å²) in [5.74, 6) is 4.05. The molecule has 2 aliphatic rings. The average molecular weight is 836 g/mol. The third-order valence-electron chi connectivity index (χ3n) is 11.5. The predicted molar refractivity (Wildman–Crippen MR) is 234 cm³/mol. The van der Waals surface area contributed by atoms with Gasteiger partial charge in [0, 0.05) is 63.4 Å². The van der Waals surface area contributed by atoms with Crippen molar-refractivity contribution in [3.63, 3.8) is 0 Å². The van der Waals surface area contributed by atoms with Crippen LogP contribution in [-0.4, -0.2) is 124 Å². The number of aldehydes is 2. The molecular formula is C43H57N13O5. The van der Waals surface area contributed by atoms with Gasteiger partial charge in [0.05, 0.1) is 43.8 Å². The lowest BCUT2D eigenvalue weighted by Gasteiger charge is -2.32. The molecule has 1 amide bonds. The predicted octanol–water partition coefficient (Wildman–Crippen LogP) is 4.59. The molecule has 18 nitrogen and oxygen atoms in total. The summed E-state index contributed by atoms with van der Waals surface area (Å²) in [6, 6.07) is 8.65. The summed E-state index contributed by atoms with van der Waals surface area (Å²) in [5.41, 5.74) is 4.68. The lowest BCUT2D eigenvalue weighted by atomic mass is 9.95. The first-order chi connectivity index (χ1) is 29.8. The molecule has 1 fully saturated rings. The summed E-state index contributed by atoms with van der Waals surface area (Å²) in [5, 5.41) is 23.1. The number of fused-ring (bicyclic) bond motifs is 2. The number of nitrogens with one attached hydrogen (secondary N) is 3. The molecule has 0 saturated carbocycles. The minimum Gasteiger partial charge on any atom is -0.494 e. The van der Waals surface area contributed by atoms with Crippen molar-refractivity contribution in [1.82, 2.24) is 49.6 Å². The summed E-state index contributed by atoms with van der Waals surface area (Å²) in [6.45, 7) is 15.4. The molecule has 18 heteroatoms. The van der Waals surface area contributed by atoms with E-state index in [1.54, 1.807) is 35.0 Å². The number of methoxy groups -OCH3 is 1. The number of aromatic nitrogens is 7. The smallest absolute Gasteiger partial charge is 0.270 e. The van der Waals surface area contributed by atoms with Crippen LogP contribution < -0.4 is 30.3 Å². The molecule has 0 aliphatic carbocycles. The largest absolute Gasteiger partial charge is 0.494 e. The number of aryl methyl sites for hydroxylation is 3. The number of amides is 1. The number of unbranched alkanes of at least 4 members (excludes halogenated alkanes) is 1. The maximum Gasteiger partial charge on any atom is 0.270 e. The van der Waals surface area contributed by atoms with Gasteiger partial charge in [0.2, 0.25) is 5.95 Å². The number of nitrogens with zero attached hydrogens (tertiary/aromatic N) is 10. The molecule has 0 atom stereocenters. The molecular weight excluding hydrogens is 779 g/mol. The van der Waals surface area contributed by atoms with E-state index < -0.39 is 0 Å². The van der Waals surface area contributed by atoms with Crippen LogP contribution >= 0.6 is 0 Å². The van der Waals surface area contributed by atoms with E-state index in [-0.39, 0.29) is 12.6 Å². The topological polar surface area (TPSA) is 191 Å². The molecule has 324 valence electrons. The molecule has 61 heavy (non-hydrogen) atoms. The molecule has 0 spiro atoms. The van der Waals surface area contributed by atoms with Crippen molar-refractivity contribution in [2.75, 3.05) is 70.4 Å². The van der Waals surface area contributed by atoms with Crippen LogP contribution in [0.1, 0.15) is 93.5 Å². The summed E-state index contributed by atoms with van der Waals surface area (Å²) in [6.07, 6.45) is 5.93. The van der Waals surface area contributed by atoms with Crippen LogP contribution in [0.5, 0.6) is 11.5 Å². The highest BCUT2D eigenvalue weighted by atomic mass is 16.5. The van der Waals surface area contributed by atoms with Crippen LogP contribution in [-0.2, 0) is 26.2 Å². The number of hydrogen-bond donors (Lipinski definition) is 3. The van der Waals surface area contributed by atoms with Crippen molar-refractivity contribution in [2.24, 2.45) is 4.99 Å². The van der Waals surface area contributed by atoms with E-state index in [0.717, 1.165) is 100 Å². The van der Waals surface area contributed by atoms with Gasteiger partial charge in [0.15, 0.2) is 0 Å². The number of rotatable bonds is 21. The van der Waals surface area contributed by atoms with E-state index in [4.69, 9.17) is 14.5 Å². The fourth-order valence-corrected chi connectivity index (χ4v) is 8.48. The van der Waals surface area contributed by atoms with Crippen LogP contribution in [0.25, 0.3) is 11.0 Å². The third-order valence-corrected chi connectivity index (χ3v) is 11.5. The second-order valence-electron chi connectivity index (χ2n) is 15.5. The van der Waals surface area contributed by atoms with E-state index >= 15 is 0 Å². The molecule has 3 N–H and O–H groups in total. The van der Waals surface area contributed by atoms with Gasteiger partial charge in [0.25, 0.3) is 5.91 Å². The molecule has 2 aliphatic heterocycles. The first-order valence-corrected chi connectivity index (χ1v) is 21.2. The third kappa shape index (κ3) is 9.60. The molecule has 5 heterocycles. The minimum atomic E-state index is -0.265. The minimum absolute atomic E-state index is 0.133. The standard InChI is InChI=1S/C43H57N13O5/c1-6-56-35(20-29(2)51-56)42(59)47-28-53(39-33(44-3)21-30(26-57)23-36(39)60-5)14-7-8-15-55-40-34(48-43(55)45-4)22-31(27-58)24-37(40)61-19-9-13-52-16-10-32(11-17-52)41-50-49-38-25-46-12-18-54(38)41/h20-24,26-27,32,46H,3,6-19,25,28H2,1-2,4-5H3,(H,45,48)(H,47,59). The Morgan fingerprint density at radius 1 is 1.03 bits per heavy atom. The van der Waals surface area contributed by atoms with Crippen molar-refractivity contribution in [1.29, 1.82) is 0 Å². The Morgan fingerprint density at radius 2 is 1.82 bits per heavy atom. The molecule has 2 aromatic carbocycles. The first-order valence-electron chi connectivity index (χ1n) is 21.2. The number of carbonyl (C=O) groups is 3. The summed E-state index contributed by atoms with van der Waals surface area (Å²) < 4.78 is 18.3. The normalized spacial score (nSPS) is 14.4. The summed E-state index contributed by atoms with van der Waals surface area (Å²) >= 11 is 0. The monoisotopic (exact) mass is 835 g/mol. The van der Waals surface area contributed by atoms with E-state index in [1.807, 2.05) is 25.8 Å². The zero-order valence-electron chi connectivity index (χ0n) is 35.7. The Kier molecular flexibility index (Phi) is 14.0. The Hall–Kier alpha value is -6.14. The number of likely N-dealkylation sites (tertiary alicyclic amines) is 1. The molecule has 0 bridgehead atoms. The van der Waals surface area contributed by atoms with E-state index in [1.165, 1.54) is 7.11 Å². The Labute approximate surface area is 355 Å². The molecule has 5 aromatic rings. The van der Waals surface area contributed by atoms with E-state index in [0.29, 0.717) is 89.7 Å². The number of anilines is 2. The van der Waals surface area contributed by atoms with Crippen LogP contribution in [0, 0.1) is 6.92 Å². The van der Waals surface area contributed by atoms with E-state index in [9.17, 15) is 14.4 Å². The number of hydrogen-bond acceptors (Lipinski definition) is 14. The van der Waals surface area contributed by atoms with Gasteiger partial charge in [-0.3, -0.25) is 24.1 Å². The highest BCUT2D eigenvalue weighted by Crippen LogP contribution is 2.39. The second kappa shape index (κ2) is 19.9. The zero-order valence-corrected chi connectivity index (χ0v) is 35.7. The lowest BCUT2D eigenvalue weighted by molar-refractivity contribution is 0.0942. The van der Waals surface area contributed by atoms with Crippen LogP contribution in [0.2, 0.25) is 0 Å². The number of imidazole rings is 1. The fourth-order valence-electron chi connectivity index (χ4n) is 8.48. The lowest BCUT2D eigenvalue weighted by Crippen LogP contribution is -2.39. The van der Waals surface area contributed by atoms with Crippen molar-refractivity contribution < 1.29 is 23.9 Å². The average Bonchev–Trinajstić information content (AvgIpc) is 4.01. The van der Waals surface area contributed by atoms with Crippen molar-refractivity contribution in [2.45, 2.75) is 78.0 Å². The highest BCUT2D eigenvalue weighted by Gasteiger charge is 2.27. The van der Waals surface area contributed by atoms with Crippen LogP contribution in [0.3, 0.4) is 0 Å². The van der Waals surface area contributed by atoms with Gasteiger partial charge >= 0.3 is 0 Å². The van der Waals surface area contributed by atoms with Crippen molar-refractivity contribution in [3.05, 3.63) is 64.5 Å². The quantitative estimate of drug-likeness (QED) is 0.0403. The first kappa shape index (κ1) is 43.0. The number of carbonyl (C=O) groups excluding carboxylic acids is 3. The van der Waals surface area contributed by atoms with Gasteiger partial charge in [-0.1, -0.05) is 0 Å². The maximum atomic E-state index is 13.4. The Balaban J connectivity index is 1.01. The van der Waals surface area contributed by atoms with Gasteiger partial charge in [0.1, 0.15) is 52.6 Å². The van der Waals surface area contributed by atoms with Crippen molar-refractivity contribution in [3.8, 4) is 11.5 Å². The molecule has 1 saturated heterocycles. The van der Waals surface area contributed by atoms with Crippen molar-refractivity contribution >= 4 is 53.6 Å². The van der Waals surface area contributed by atoms with Gasteiger partial charge in [-0.25, -0.2) is 4.98 Å². The summed E-state index contributed by atoms with van der Waals surface area (Å²) in [4.78, 5) is 50.8. The maximum absolute atomic E-state index is 13.4. The van der Waals surface area contributed by atoms with E-state index in [2.05, 4.69) is 57.0 Å². The summed E-state index contributed by atoms with van der Waals surface area (Å²) in [7, 11) is 3.36. The van der Waals surface area contributed by atoms with Gasteiger partial charge in [-0.05, 0) is 96.1 Å². The van der Waals surface area contributed by atoms with Gasteiger partial charge < -0.3 is 44.4 Å². The molecule has 3 aromatic heterocycles. The van der Waals surface area contributed by atoms with Gasteiger partial charge in [-0.15, -0.1) is 10.2 Å². The number of ether oxygens (including phenoxy) is 2. The SMILES string of the molecule is C=Nc1cc(C=O)cc(OC)c1N(CCCCn1c(NC)nc2cc(C=O)cc(OCCCN3CCC(c4nnc5n4CCNC5)CC3)c21)CNC(=O)c1cc(C)nn1CC. The number of benzene rings is 2. The Morgan fingerprint density at radius 3 is 2.56 bits per heavy atom. The van der Waals surface area contributed by atoms with Crippen LogP contribution in [0.15, 0.2) is 35.3 Å². The Bertz CT molecular complexity index is 2340. The zero-order chi connectivity index (χ0) is 42.9. The molecule has 0 radical (unpaired) electrons. The number of aliphatic imine (C=N–C) groups is 1. The number of piperidine rings is 1. The van der Waals surface area contributed by atoms with Crippen LogP contribution in [0.4, 0.5) is 17.3 Å². The highest BCUT2D eigenvalue weighted by molar-refractivity contribution is 5.93. The van der Waals surface area contributed by atoms with Gasteiger partial charge in [-0.2, -0.15) is 5.10 Å².